The molecular formula is C15H24O3. The second-order valence-electron chi connectivity index (χ2n) is 6.25. The number of aliphatic carboxylic acids is 1. The third-order valence-electron chi connectivity index (χ3n) is 5.15. The number of allylic oxidation sites excluding steroid dienone is 2. The topological polar surface area (TPSA) is 57.5 Å². The van der Waals surface area contributed by atoms with Gasteiger partial charge in [-0.15, -0.1) is 0 Å². The first-order valence-corrected chi connectivity index (χ1v) is 7.00. The summed E-state index contributed by atoms with van der Waals surface area (Å²) >= 11 is 0. The maximum Gasteiger partial charge on any atom is 0.306 e. The number of carboxylic acids is 1. The summed E-state index contributed by atoms with van der Waals surface area (Å²) in [5.74, 6) is -0.462. The molecule has 2 fully saturated rings. The normalized spacial score (nSPS) is 36.1. The monoisotopic (exact) mass is 252 g/mol. The first-order chi connectivity index (χ1) is 8.50. The fourth-order valence-electron chi connectivity index (χ4n) is 3.97. The zero-order valence-corrected chi connectivity index (χ0v) is 11.4. The molecule has 2 saturated carbocycles. The van der Waals surface area contributed by atoms with Crippen molar-refractivity contribution >= 4 is 5.97 Å². The summed E-state index contributed by atoms with van der Waals surface area (Å²) in [5, 5.41) is 19.0. The highest BCUT2D eigenvalue weighted by Gasteiger charge is 2.47. The molecule has 2 N–H and O–H groups in total. The molecule has 3 unspecified atom stereocenters. The van der Waals surface area contributed by atoms with Crippen molar-refractivity contribution < 1.29 is 15.0 Å². The van der Waals surface area contributed by atoms with Crippen molar-refractivity contribution in [1.82, 2.24) is 0 Å². The van der Waals surface area contributed by atoms with Gasteiger partial charge in [-0.1, -0.05) is 11.1 Å². The van der Waals surface area contributed by atoms with E-state index in [1.54, 1.807) is 0 Å². The Bertz CT molecular complexity index is 368. The maximum atomic E-state index is 11.2. The zero-order valence-electron chi connectivity index (χ0n) is 11.4. The molecular weight excluding hydrogens is 228 g/mol. The maximum absolute atomic E-state index is 11.2. The molecule has 0 bridgehead atoms. The van der Waals surface area contributed by atoms with E-state index in [4.69, 9.17) is 0 Å². The van der Waals surface area contributed by atoms with E-state index in [0.717, 1.165) is 38.5 Å². The molecule has 0 saturated heterocycles. The van der Waals surface area contributed by atoms with Crippen molar-refractivity contribution in [2.45, 2.75) is 52.4 Å². The van der Waals surface area contributed by atoms with Gasteiger partial charge >= 0.3 is 5.97 Å². The number of hydrogen-bond donors (Lipinski definition) is 2. The van der Waals surface area contributed by atoms with Gasteiger partial charge in [-0.2, -0.15) is 0 Å². The summed E-state index contributed by atoms with van der Waals surface area (Å²) in [5.41, 5.74) is 2.82. The molecule has 3 heteroatoms. The second kappa shape index (κ2) is 5.04. The minimum Gasteiger partial charge on any atom is -0.481 e. The molecule has 3 nitrogen and oxygen atoms in total. The molecule has 102 valence electrons. The van der Waals surface area contributed by atoms with Gasteiger partial charge in [0.15, 0.2) is 0 Å². The summed E-state index contributed by atoms with van der Waals surface area (Å²) in [4.78, 5) is 11.2. The lowest BCUT2D eigenvalue weighted by molar-refractivity contribution is -0.142. The Morgan fingerprint density at radius 2 is 2.00 bits per heavy atom. The van der Waals surface area contributed by atoms with Crippen molar-refractivity contribution in [3.8, 4) is 0 Å². The van der Waals surface area contributed by atoms with Crippen LogP contribution in [0.15, 0.2) is 11.1 Å². The molecule has 3 atom stereocenters. The van der Waals surface area contributed by atoms with Gasteiger partial charge in [-0.3, -0.25) is 4.79 Å². The fourth-order valence-corrected chi connectivity index (χ4v) is 3.97. The lowest BCUT2D eigenvalue weighted by Gasteiger charge is -2.32. The van der Waals surface area contributed by atoms with Gasteiger partial charge in [0.25, 0.3) is 0 Å². The Balaban J connectivity index is 2.26. The molecule has 18 heavy (non-hydrogen) atoms. The molecule has 0 aliphatic heterocycles. The highest BCUT2D eigenvalue weighted by atomic mass is 16.4. The summed E-state index contributed by atoms with van der Waals surface area (Å²) in [7, 11) is 0. The molecule has 0 heterocycles. The first-order valence-electron chi connectivity index (χ1n) is 7.00. The van der Waals surface area contributed by atoms with Crippen LogP contribution >= 0.6 is 0 Å². The van der Waals surface area contributed by atoms with Gasteiger partial charge in [-0.05, 0) is 58.3 Å². The number of carbonyl (C=O) groups is 1. The Kier molecular flexibility index (Phi) is 3.81. The molecule has 0 aromatic rings. The van der Waals surface area contributed by atoms with Crippen LogP contribution < -0.4 is 0 Å². The lowest BCUT2D eigenvalue weighted by Crippen LogP contribution is -2.29. The Morgan fingerprint density at radius 1 is 1.28 bits per heavy atom. The van der Waals surface area contributed by atoms with E-state index in [1.807, 2.05) is 0 Å². The van der Waals surface area contributed by atoms with Crippen molar-refractivity contribution in [2.75, 3.05) is 6.61 Å². The minimum absolute atomic E-state index is 0.0309. The van der Waals surface area contributed by atoms with Gasteiger partial charge in [0.05, 0.1) is 5.92 Å². The van der Waals surface area contributed by atoms with Crippen LogP contribution in [-0.4, -0.2) is 22.8 Å². The van der Waals surface area contributed by atoms with Crippen LogP contribution in [0.3, 0.4) is 0 Å². The van der Waals surface area contributed by atoms with Crippen molar-refractivity contribution in [3.05, 3.63) is 11.1 Å². The number of carboxylic acid groups (broad SMARTS) is 1. The highest BCUT2D eigenvalue weighted by molar-refractivity contribution is 5.70. The predicted octanol–water partition coefficient (Wildman–Crippen LogP) is 2.99. The average molecular weight is 252 g/mol. The van der Waals surface area contributed by atoms with Crippen LogP contribution in [-0.2, 0) is 4.79 Å². The fraction of sp³-hybridized carbons (Fsp3) is 0.800. The zero-order chi connectivity index (χ0) is 13.3. The predicted molar refractivity (Wildman–Crippen MR) is 70.2 cm³/mol. The SMILES string of the molecule is CC(C)=C1CCC2(CO)CCC(C(=O)O)CCC12. The number of rotatable bonds is 2. The van der Waals surface area contributed by atoms with E-state index in [-0.39, 0.29) is 17.9 Å². The van der Waals surface area contributed by atoms with Gasteiger partial charge in [-0.25, -0.2) is 0 Å². The summed E-state index contributed by atoms with van der Waals surface area (Å²) in [6.45, 7) is 4.49. The van der Waals surface area contributed by atoms with Crippen molar-refractivity contribution in [3.63, 3.8) is 0 Å². The number of aliphatic hydroxyl groups excluding tert-OH is 1. The molecule has 2 rings (SSSR count). The lowest BCUT2D eigenvalue weighted by atomic mass is 9.73. The molecule has 0 aromatic heterocycles. The van der Waals surface area contributed by atoms with Gasteiger partial charge in [0.1, 0.15) is 0 Å². The first kappa shape index (κ1) is 13.6. The molecule has 2 aliphatic carbocycles. The van der Waals surface area contributed by atoms with Crippen molar-refractivity contribution in [2.24, 2.45) is 17.3 Å². The summed E-state index contributed by atoms with van der Waals surface area (Å²) < 4.78 is 0. The summed E-state index contributed by atoms with van der Waals surface area (Å²) in [6.07, 6.45) is 5.40. The molecule has 0 radical (unpaired) electrons. The van der Waals surface area contributed by atoms with Crippen LogP contribution in [0.2, 0.25) is 0 Å². The number of hydrogen-bond acceptors (Lipinski definition) is 2. The summed E-state index contributed by atoms with van der Waals surface area (Å²) in [6, 6.07) is 0. The van der Waals surface area contributed by atoms with Gasteiger partial charge in [0.2, 0.25) is 0 Å². The highest BCUT2D eigenvalue weighted by Crippen LogP contribution is 2.55. The van der Waals surface area contributed by atoms with Gasteiger partial charge < -0.3 is 10.2 Å². The quantitative estimate of drug-likeness (QED) is 0.743. The average Bonchev–Trinajstić information content (AvgIpc) is 2.58. The molecule has 0 spiro atoms. The Hall–Kier alpha value is -0.830. The number of aliphatic hydroxyl groups is 1. The van der Waals surface area contributed by atoms with Crippen LogP contribution in [0, 0.1) is 17.3 Å². The van der Waals surface area contributed by atoms with E-state index in [2.05, 4.69) is 13.8 Å². The van der Waals surface area contributed by atoms with E-state index in [0.29, 0.717) is 5.92 Å². The van der Waals surface area contributed by atoms with Crippen LogP contribution in [0.5, 0.6) is 0 Å². The molecule has 2 aliphatic rings. The number of fused-ring (bicyclic) bond motifs is 1. The third kappa shape index (κ3) is 2.20. The molecule has 0 aromatic carbocycles. The van der Waals surface area contributed by atoms with Crippen molar-refractivity contribution in [1.29, 1.82) is 0 Å². The third-order valence-corrected chi connectivity index (χ3v) is 5.15. The van der Waals surface area contributed by atoms with Crippen LogP contribution in [0.25, 0.3) is 0 Å². The minimum atomic E-state index is -0.665. The Labute approximate surface area is 109 Å². The largest absolute Gasteiger partial charge is 0.481 e. The Morgan fingerprint density at radius 3 is 2.56 bits per heavy atom. The van der Waals surface area contributed by atoms with E-state index in [9.17, 15) is 15.0 Å². The van der Waals surface area contributed by atoms with Crippen LogP contribution in [0.4, 0.5) is 0 Å². The van der Waals surface area contributed by atoms with Crippen LogP contribution in [0.1, 0.15) is 52.4 Å². The second-order valence-corrected chi connectivity index (χ2v) is 6.25. The van der Waals surface area contributed by atoms with E-state index < -0.39 is 5.97 Å². The van der Waals surface area contributed by atoms with Gasteiger partial charge in [0, 0.05) is 12.0 Å². The standard InChI is InChI=1S/C15H24O3/c1-10(2)12-6-8-15(9-16)7-5-11(14(17)18)3-4-13(12)15/h11,13,16H,3-9H2,1-2H3,(H,17,18). The molecule has 0 amide bonds. The van der Waals surface area contributed by atoms with E-state index in [1.165, 1.54) is 11.1 Å². The smallest absolute Gasteiger partial charge is 0.306 e. The van der Waals surface area contributed by atoms with E-state index >= 15 is 0 Å².